The van der Waals surface area contributed by atoms with Crippen molar-refractivity contribution in [2.75, 3.05) is 5.73 Å². The molecule has 0 spiro atoms. The molecule has 0 saturated carbocycles. The second-order valence-corrected chi connectivity index (χ2v) is 7.13. The Morgan fingerprint density at radius 2 is 1.66 bits per heavy atom. The van der Waals surface area contributed by atoms with Crippen molar-refractivity contribution in [2.45, 2.75) is 9.92 Å². The van der Waals surface area contributed by atoms with Gasteiger partial charge >= 0.3 is 0 Å². The van der Waals surface area contributed by atoms with Crippen LogP contribution >= 0.6 is 11.8 Å². The highest BCUT2D eigenvalue weighted by molar-refractivity contribution is 7.99. The molecule has 2 aromatic heterocycles. The zero-order valence-electron chi connectivity index (χ0n) is 15.0. The Morgan fingerprint density at radius 1 is 0.931 bits per heavy atom. The van der Waals surface area contributed by atoms with E-state index in [1.807, 2.05) is 24.3 Å². The summed E-state index contributed by atoms with van der Waals surface area (Å²) in [6.07, 6.45) is 1.63. The van der Waals surface area contributed by atoms with Crippen molar-refractivity contribution in [1.29, 1.82) is 10.5 Å². The first-order valence-corrected chi connectivity index (χ1v) is 9.39. The molecule has 29 heavy (non-hydrogen) atoms. The number of aromatic hydroxyl groups is 1. The van der Waals surface area contributed by atoms with Crippen LogP contribution in [0.3, 0.4) is 0 Å². The molecule has 0 unspecified atom stereocenters. The molecule has 0 amide bonds. The van der Waals surface area contributed by atoms with Gasteiger partial charge in [0.2, 0.25) is 0 Å². The fourth-order valence-electron chi connectivity index (χ4n) is 3.10. The first kappa shape index (κ1) is 18.3. The molecule has 0 atom stereocenters. The van der Waals surface area contributed by atoms with Gasteiger partial charge in [-0.15, -0.1) is 0 Å². The van der Waals surface area contributed by atoms with Crippen molar-refractivity contribution >= 4 is 28.5 Å². The van der Waals surface area contributed by atoms with Gasteiger partial charge in [0.05, 0.1) is 16.0 Å². The van der Waals surface area contributed by atoms with Gasteiger partial charge in [-0.1, -0.05) is 42.1 Å². The van der Waals surface area contributed by atoms with Gasteiger partial charge < -0.3 is 10.8 Å². The van der Waals surface area contributed by atoms with Crippen LogP contribution in [0.1, 0.15) is 11.1 Å². The quantitative estimate of drug-likeness (QED) is 0.525. The molecule has 7 heteroatoms. The van der Waals surface area contributed by atoms with E-state index in [2.05, 4.69) is 22.1 Å². The van der Waals surface area contributed by atoms with Gasteiger partial charge in [-0.25, -0.2) is 4.98 Å². The molecule has 0 saturated heterocycles. The van der Waals surface area contributed by atoms with Crippen LogP contribution in [-0.4, -0.2) is 15.1 Å². The second kappa shape index (κ2) is 7.51. The second-order valence-electron chi connectivity index (χ2n) is 6.10. The van der Waals surface area contributed by atoms with Gasteiger partial charge in [0, 0.05) is 17.1 Å². The van der Waals surface area contributed by atoms with E-state index in [1.54, 1.807) is 36.5 Å². The lowest BCUT2D eigenvalue weighted by Gasteiger charge is -2.14. The number of hydrogen-bond donors (Lipinski definition) is 2. The SMILES string of the molecule is N#Cc1c(N)nc(Sc2ccccc2O)c(C#N)c1-c1ccnc2ccccc12. The summed E-state index contributed by atoms with van der Waals surface area (Å²) in [5.41, 5.74) is 8.29. The summed E-state index contributed by atoms with van der Waals surface area (Å²) < 4.78 is 0. The molecular formula is C22H13N5OS. The maximum absolute atomic E-state index is 10.1. The van der Waals surface area contributed by atoms with E-state index in [-0.39, 0.29) is 22.7 Å². The van der Waals surface area contributed by atoms with Crippen LogP contribution in [0.15, 0.2) is 70.7 Å². The molecule has 138 valence electrons. The highest BCUT2D eigenvalue weighted by Crippen LogP contribution is 2.41. The smallest absolute Gasteiger partial charge is 0.143 e. The molecule has 0 aliphatic rings. The Balaban J connectivity index is 2.03. The predicted octanol–water partition coefficient (Wildman–Crippen LogP) is 4.48. The standard InChI is InChI=1S/C22H13N5OS/c23-11-15-20(14-9-10-26-17-6-2-1-5-13(14)17)16(12-24)22(27-21(15)25)29-19-8-4-3-7-18(19)28/h1-10,28H,(H2,25,27). The van der Waals surface area contributed by atoms with Gasteiger partial charge in [-0.05, 0) is 29.8 Å². The molecular weight excluding hydrogens is 382 g/mol. The number of nitrogens with two attached hydrogens (primary N) is 1. The Morgan fingerprint density at radius 3 is 2.41 bits per heavy atom. The van der Waals surface area contributed by atoms with Crippen LogP contribution in [0.25, 0.3) is 22.0 Å². The highest BCUT2D eigenvalue weighted by Gasteiger charge is 2.22. The van der Waals surface area contributed by atoms with Gasteiger partial charge in [0.15, 0.2) is 0 Å². The zero-order valence-corrected chi connectivity index (χ0v) is 15.8. The fourth-order valence-corrected chi connectivity index (χ4v) is 4.02. The number of phenolic OH excluding ortho intramolecular Hbond substituents is 1. The number of fused-ring (bicyclic) bond motifs is 1. The molecule has 6 nitrogen and oxygen atoms in total. The monoisotopic (exact) mass is 395 g/mol. The van der Waals surface area contributed by atoms with Crippen LogP contribution in [0.5, 0.6) is 5.75 Å². The Kier molecular flexibility index (Phi) is 4.74. The van der Waals surface area contributed by atoms with Gasteiger partial charge in [0.25, 0.3) is 0 Å². The van der Waals surface area contributed by atoms with Gasteiger partial charge in [0.1, 0.15) is 34.3 Å². The average Bonchev–Trinajstić information content (AvgIpc) is 2.74. The number of benzene rings is 2. The number of nitrogen functional groups attached to an aromatic ring is 1. The minimum atomic E-state index is 0.0281. The lowest BCUT2D eigenvalue weighted by atomic mass is 9.94. The summed E-state index contributed by atoms with van der Waals surface area (Å²) in [6.45, 7) is 0. The molecule has 3 N–H and O–H groups in total. The molecule has 0 fully saturated rings. The van der Waals surface area contributed by atoms with E-state index >= 15 is 0 Å². The zero-order chi connectivity index (χ0) is 20.4. The molecule has 4 aromatic rings. The summed E-state index contributed by atoms with van der Waals surface area (Å²) >= 11 is 1.12. The number of pyridine rings is 2. The van der Waals surface area contributed by atoms with Gasteiger partial charge in [-0.2, -0.15) is 10.5 Å². The van der Waals surface area contributed by atoms with E-state index in [4.69, 9.17) is 5.73 Å². The number of aromatic nitrogens is 2. The topological polar surface area (TPSA) is 120 Å². The van der Waals surface area contributed by atoms with Crippen molar-refractivity contribution in [2.24, 2.45) is 0 Å². The van der Waals surface area contributed by atoms with E-state index in [1.165, 1.54) is 0 Å². The Hall–Kier alpha value is -4.07. The largest absolute Gasteiger partial charge is 0.507 e. The third-order valence-electron chi connectivity index (χ3n) is 4.41. The highest BCUT2D eigenvalue weighted by atomic mass is 32.2. The Labute approximate surface area is 170 Å². The lowest BCUT2D eigenvalue weighted by Crippen LogP contribution is -2.03. The van der Waals surface area contributed by atoms with E-state index in [0.29, 0.717) is 21.0 Å². The number of nitrogens with zero attached hydrogens (tertiary/aromatic N) is 4. The van der Waals surface area contributed by atoms with E-state index < -0.39 is 0 Å². The predicted molar refractivity (Wildman–Crippen MR) is 111 cm³/mol. The van der Waals surface area contributed by atoms with Crippen molar-refractivity contribution < 1.29 is 5.11 Å². The molecule has 2 aromatic carbocycles. The average molecular weight is 395 g/mol. The molecule has 0 aliphatic carbocycles. The fraction of sp³-hybridized carbons (Fsp3) is 0. The summed E-state index contributed by atoms with van der Waals surface area (Å²) in [4.78, 5) is 9.17. The van der Waals surface area contributed by atoms with Crippen LogP contribution < -0.4 is 5.73 Å². The van der Waals surface area contributed by atoms with E-state index in [9.17, 15) is 15.6 Å². The van der Waals surface area contributed by atoms with Crippen molar-refractivity contribution in [3.8, 4) is 29.0 Å². The molecule has 2 heterocycles. The summed E-state index contributed by atoms with van der Waals surface area (Å²) in [5.74, 6) is 0.0994. The minimum absolute atomic E-state index is 0.0281. The van der Waals surface area contributed by atoms with Crippen LogP contribution in [0.4, 0.5) is 5.82 Å². The molecule has 4 rings (SSSR count). The number of nitriles is 2. The third-order valence-corrected chi connectivity index (χ3v) is 5.46. The summed E-state index contributed by atoms with van der Waals surface area (Å²) in [6, 6.07) is 20.3. The first-order chi connectivity index (χ1) is 14.1. The first-order valence-electron chi connectivity index (χ1n) is 8.57. The van der Waals surface area contributed by atoms with Gasteiger partial charge in [-0.3, -0.25) is 4.98 Å². The maximum Gasteiger partial charge on any atom is 0.143 e. The van der Waals surface area contributed by atoms with Crippen LogP contribution in [-0.2, 0) is 0 Å². The molecule has 0 radical (unpaired) electrons. The maximum atomic E-state index is 10.1. The Bertz CT molecular complexity index is 1330. The number of anilines is 1. The van der Waals surface area contributed by atoms with Crippen LogP contribution in [0.2, 0.25) is 0 Å². The van der Waals surface area contributed by atoms with Crippen molar-refractivity contribution in [3.63, 3.8) is 0 Å². The molecule has 0 bridgehead atoms. The van der Waals surface area contributed by atoms with Crippen molar-refractivity contribution in [1.82, 2.24) is 9.97 Å². The lowest BCUT2D eigenvalue weighted by molar-refractivity contribution is 0.462. The number of para-hydroxylation sites is 2. The number of rotatable bonds is 3. The van der Waals surface area contributed by atoms with Crippen LogP contribution in [0, 0.1) is 22.7 Å². The summed E-state index contributed by atoms with van der Waals surface area (Å²) in [5, 5.41) is 30.9. The minimum Gasteiger partial charge on any atom is -0.507 e. The number of phenols is 1. The van der Waals surface area contributed by atoms with E-state index in [0.717, 1.165) is 22.7 Å². The number of hydrogen-bond acceptors (Lipinski definition) is 7. The normalized spacial score (nSPS) is 10.4. The molecule has 0 aliphatic heterocycles. The van der Waals surface area contributed by atoms with Crippen molar-refractivity contribution in [3.05, 3.63) is 71.9 Å². The summed E-state index contributed by atoms with van der Waals surface area (Å²) in [7, 11) is 0. The third kappa shape index (κ3) is 3.20.